The Morgan fingerprint density at radius 1 is 1.50 bits per heavy atom. The predicted molar refractivity (Wildman–Crippen MR) is 17.5 cm³/mol. The van der Waals surface area contributed by atoms with Crippen LogP contribution in [0.2, 0.25) is 0 Å². The van der Waals surface area contributed by atoms with Crippen molar-refractivity contribution >= 4 is 10.1 Å². The van der Waals surface area contributed by atoms with Gasteiger partial charge in [-0.1, -0.05) is 0 Å². The monoisotopic (exact) mass is 203 g/mol. The van der Waals surface area contributed by atoms with Crippen molar-refractivity contribution in [3.8, 4) is 0 Å². The molecule has 0 aromatic rings. The van der Waals surface area contributed by atoms with Crippen LogP contribution in [0.1, 0.15) is 0 Å². The number of rotatable bonds is 0. The van der Waals surface area contributed by atoms with Gasteiger partial charge in [-0.25, -0.2) is 0 Å². The summed E-state index contributed by atoms with van der Waals surface area (Å²) in [7, 11) is -3.67. The minimum Gasteiger partial charge on any atom is -0.286 e. The summed E-state index contributed by atoms with van der Waals surface area (Å²) in [5.41, 5.74) is 0. The predicted octanol–water partition coefficient (Wildman–Crippen LogP) is -0.498. The molecule has 0 fully saturated rings. The zero-order valence-electron chi connectivity index (χ0n) is 2.97. The van der Waals surface area contributed by atoms with Gasteiger partial charge >= 0.3 is 0 Å². The van der Waals surface area contributed by atoms with E-state index in [9.17, 15) is 8.42 Å². The molecule has 0 bridgehead atoms. The fourth-order valence-electron chi connectivity index (χ4n) is 0. The van der Waals surface area contributed by atoms with Crippen molar-refractivity contribution in [3.63, 3.8) is 0 Å². The van der Waals surface area contributed by atoms with Crippen LogP contribution >= 0.6 is 0 Å². The molecule has 3 nitrogen and oxygen atoms in total. The summed E-state index contributed by atoms with van der Waals surface area (Å²) in [6.45, 7) is 0. The maximum Gasteiger partial charge on any atom is 0.261 e. The Morgan fingerprint density at radius 3 is 1.50 bits per heavy atom. The average molecular weight is 204 g/mol. The largest absolute Gasteiger partial charge is 0.286 e. The Morgan fingerprint density at radius 2 is 1.50 bits per heavy atom. The normalized spacial score (nSPS) is 9.67. The first-order chi connectivity index (χ1) is 2.00. The summed E-state index contributed by atoms with van der Waals surface area (Å²) in [5, 5.41) is 0. The van der Waals surface area contributed by atoms with Crippen molar-refractivity contribution in [2.45, 2.75) is 0 Å². The van der Waals surface area contributed by atoms with Gasteiger partial charge in [0.05, 0.1) is 6.26 Å². The summed E-state index contributed by atoms with van der Waals surface area (Å²) in [6.07, 6.45) is 0.715. The Kier molecular flexibility index (Phi) is 4.52. The van der Waals surface area contributed by atoms with Gasteiger partial charge in [-0.2, -0.15) is 8.42 Å². The van der Waals surface area contributed by atoms with Gasteiger partial charge in [-0.3, -0.25) is 4.55 Å². The van der Waals surface area contributed by atoms with Crippen molar-refractivity contribution in [2.75, 3.05) is 6.26 Å². The Balaban J connectivity index is 0. The van der Waals surface area contributed by atoms with Crippen molar-refractivity contribution in [3.05, 3.63) is 0 Å². The topological polar surface area (TPSA) is 54.4 Å². The van der Waals surface area contributed by atoms with E-state index in [4.69, 9.17) is 4.55 Å². The molecule has 1 radical (unpaired) electrons. The first-order valence-corrected chi connectivity index (χ1v) is 2.77. The second kappa shape index (κ2) is 2.76. The molecule has 0 aromatic heterocycles. The van der Waals surface area contributed by atoms with Gasteiger partial charge in [0.25, 0.3) is 10.1 Å². The van der Waals surface area contributed by atoms with E-state index in [0.717, 1.165) is 0 Å². The SMILES string of the molecule is CS(=O)(=O)O.[Ag]. The standard InChI is InChI=1S/CH4O3S.Ag/c1-5(2,3)4;/h1H3,(H,2,3,4);. The summed E-state index contributed by atoms with van der Waals surface area (Å²) in [6, 6.07) is 0. The van der Waals surface area contributed by atoms with E-state index in [2.05, 4.69) is 0 Å². The van der Waals surface area contributed by atoms with Crippen LogP contribution in [-0.4, -0.2) is 19.2 Å². The van der Waals surface area contributed by atoms with Crippen LogP contribution in [-0.2, 0) is 32.5 Å². The third-order valence-corrected chi connectivity index (χ3v) is 0. The van der Waals surface area contributed by atoms with E-state index in [1.807, 2.05) is 0 Å². The van der Waals surface area contributed by atoms with Gasteiger partial charge in [0.2, 0.25) is 0 Å². The van der Waals surface area contributed by atoms with Crippen molar-refractivity contribution in [1.82, 2.24) is 0 Å². The fourth-order valence-corrected chi connectivity index (χ4v) is 0. The van der Waals surface area contributed by atoms with Crippen LogP contribution in [0.3, 0.4) is 0 Å². The molecule has 0 aliphatic rings. The summed E-state index contributed by atoms with van der Waals surface area (Å²) < 4.78 is 25.9. The molecule has 0 saturated heterocycles. The molecule has 43 valence electrons. The van der Waals surface area contributed by atoms with E-state index in [1.165, 1.54) is 0 Å². The molecular formula is CH4AgO3S. The molecule has 0 saturated carbocycles. The van der Waals surface area contributed by atoms with Crippen molar-refractivity contribution in [2.24, 2.45) is 0 Å². The van der Waals surface area contributed by atoms with Crippen LogP contribution in [0.15, 0.2) is 0 Å². The van der Waals surface area contributed by atoms with Crippen LogP contribution in [0.4, 0.5) is 0 Å². The van der Waals surface area contributed by atoms with Gasteiger partial charge in [-0.05, 0) is 0 Å². The Hall–Kier alpha value is 0.650. The summed E-state index contributed by atoms with van der Waals surface area (Å²) in [4.78, 5) is 0. The second-order valence-electron chi connectivity index (χ2n) is 0.733. The third-order valence-electron chi connectivity index (χ3n) is 0. The van der Waals surface area contributed by atoms with Gasteiger partial charge in [0.15, 0.2) is 0 Å². The summed E-state index contributed by atoms with van der Waals surface area (Å²) in [5.74, 6) is 0. The van der Waals surface area contributed by atoms with Crippen LogP contribution < -0.4 is 0 Å². The fraction of sp³-hybridized carbons (Fsp3) is 1.00. The molecule has 0 rings (SSSR count). The Labute approximate surface area is 52.0 Å². The van der Waals surface area contributed by atoms with Gasteiger partial charge in [0, 0.05) is 22.4 Å². The molecule has 0 spiro atoms. The van der Waals surface area contributed by atoms with E-state index >= 15 is 0 Å². The summed E-state index contributed by atoms with van der Waals surface area (Å²) >= 11 is 0. The molecule has 0 aliphatic heterocycles. The maximum atomic E-state index is 9.19. The van der Waals surface area contributed by atoms with Gasteiger partial charge in [-0.15, -0.1) is 0 Å². The number of hydrogen-bond acceptors (Lipinski definition) is 2. The number of hydrogen-bond donors (Lipinski definition) is 1. The molecule has 0 atom stereocenters. The zero-order valence-corrected chi connectivity index (χ0v) is 5.27. The van der Waals surface area contributed by atoms with Gasteiger partial charge in [0.1, 0.15) is 0 Å². The smallest absolute Gasteiger partial charge is 0.261 e. The van der Waals surface area contributed by atoms with E-state index in [-0.39, 0.29) is 22.4 Å². The first kappa shape index (κ1) is 9.82. The van der Waals surface area contributed by atoms with Crippen molar-refractivity contribution in [1.29, 1.82) is 0 Å². The zero-order chi connectivity index (χ0) is 4.50. The molecule has 0 unspecified atom stereocenters. The second-order valence-corrected chi connectivity index (χ2v) is 2.20. The molecule has 0 amide bonds. The molecule has 1 N–H and O–H groups in total. The molecule has 0 aliphatic carbocycles. The quantitative estimate of drug-likeness (QED) is 0.427. The molecule has 0 heterocycles. The van der Waals surface area contributed by atoms with E-state index < -0.39 is 10.1 Å². The van der Waals surface area contributed by atoms with E-state index in [0.29, 0.717) is 6.26 Å². The molecule has 0 aromatic carbocycles. The minimum atomic E-state index is -3.67. The van der Waals surface area contributed by atoms with Gasteiger partial charge < -0.3 is 0 Å². The van der Waals surface area contributed by atoms with Crippen LogP contribution in [0, 0.1) is 0 Å². The van der Waals surface area contributed by atoms with Crippen molar-refractivity contribution < 1.29 is 35.4 Å². The third kappa shape index (κ3) is 147. The first-order valence-electron chi connectivity index (χ1n) is 0.924. The minimum absolute atomic E-state index is 0. The van der Waals surface area contributed by atoms with Crippen LogP contribution in [0.5, 0.6) is 0 Å². The maximum absolute atomic E-state index is 9.19. The molecular weight excluding hydrogens is 200 g/mol. The molecule has 6 heavy (non-hydrogen) atoms. The molecule has 5 heteroatoms. The van der Waals surface area contributed by atoms with E-state index in [1.54, 1.807) is 0 Å². The van der Waals surface area contributed by atoms with Crippen LogP contribution in [0.25, 0.3) is 0 Å². The average Bonchev–Trinajstić information content (AvgIpc) is 0.722. The Bertz CT molecular complexity index is 94.0.